The first-order chi connectivity index (χ1) is 9.10. The molecule has 102 valence electrons. The first-order valence-electron chi connectivity index (χ1n) is 6.81. The van der Waals surface area contributed by atoms with Crippen LogP contribution in [0, 0.1) is 0 Å². The molecule has 0 saturated heterocycles. The quantitative estimate of drug-likeness (QED) is 0.881. The minimum absolute atomic E-state index is 0.148. The van der Waals surface area contributed by atoms with Crippen LogP contribution in [0.15, 0.2) is 36.4 Å². The van der Waals surface area contributed by atoms with Crippen molar-refractivity contribution in [2.24, 2.45) is 0 Å². The third-order valence-electron chi connectivity index (χ3n) is 3.83. The second-order valence-corrected chi connectivity index (χ2v) is 5.60. The summed E-state index contributed by atoms with van der Waals surface area (Å²) in [6.07, 6.45) is 1.11. The van der Waals surface area contributed by atoms with Crippen molar-refractivity contribution in [2.75, 3.05) is 20.7 Å². The van der Waals surface area contributed by atoms with E-state index in [9.17, 15) is 0 Å². The van der Waals surface area contributed by atoms with E-state index in [0.29, 0.717) is 0 Å². The van der Waals surface area contributed by atoms with E-state index in [1.54, 1.807) is 7.11 Å². The molecule has 0 aliphatic heterocycles. The minimum Gasteiger partial charge on any atom is -0.496 e. The molecule has 0 amide bonds. The molecular weight excluding hydrogens is 234 g/mol. The predicted molar refractivity (Wildman–Crippen MR) is 82.1 cm³/mol. The summed E-state index contributed by atoms with van der Waals surface area (Å²) in [5.74, 6) is 0.948. The highest BCUT2D eigenvalue weighted by atomic mass is 16.5. The maximum Gasteiger partial charge on any atom is 0.126 e. The molecule has 0 heterocycles. The van der Waals surface area contributed by atoms with Crippen LogP contribution in [-0.2, 0) is 5.41 Å². The lowest BCUT2D eigenvalue weighted by Gasteiger charge is -2.27. The molecule has 0 unspecified atom stereocenters. The van der Waals surface area contributed by atoms with Gasteiger partial charge in [-0.3, -0.25) is 0 Å². The number of nitrogens with one attached hydrogen (secondary N) is 1. The molecule has 2 rings (SSSR count). The van der Waals surface area contributed by atoms with Crippen molar-refractivity contribution in [3.05, 3.63) is 42.0 Å². The second kappa shape index (κ2) is 5.62. The van der Waals surface area contributed by atoms with Crippen LogP contribution in [0.25, 0.3) is 10.8 Å². The molecule has 0 atom stereocenters. The number of hydrogen-bond donors (Lipinski definition) is 1. The summed E-state index contributed by atoms with van der Waals surface area (Å²) in [7, 11) is 3.73. The van der Waals surface area contributed by atoms with Crippen LogP contribution in [0.1, 0.15) is 25.8 Å². The standard InChI is InChI=1S/C17H23NO/c1-17(2,11-12-18-3)15-9-10-16(19-4)14-8-6-5-7-13(14)15/h5-10,18H,11-12H2,1-4H3. The highest BCUT2D eigenvalue weighted by molar-refractivity contribution is 5.91. The van der Waals surface area contributed by atoms with Crippen molar-refractivity contribution in [1.82, 2.24) is 5.32 Å². The van der Waals surface area contributed by atoms with Crippen LogP contribution < -0.4 is 10.1 Å². The van der Waals surface area contributed by atoms with Gasteiger partial charge in [0, 0.05) is 5.39 Å². The highest BCUT2D eigenvalue weighted by Gasteiger charge is 2.22. The molecular formula is C17H23NO. The van der Waals surface area contributed by atoms with Crippen LogP contribution in [0.5, 0.6) is 5.75 Å². The van der Waals surface area contributed by atoms with Gasteiger partial charge in [-0.15, -0.1) is 0 Å². The SMILES string of the molecule is CNCCC(C)(C)c1ccc(OC)c2ccccc12. The topological polar surface area (TPSA) is 21.3 Å². The number of ether oxygens (including phenoxy) is 1. The Morgan fingerprint density at radius 3 is 2.37 bits per heavy atom. The monoisotopic (exact) mass is 257 g/mol. The average molecular weight is 257 g/mol. The van der Waals surface area contributed by atoms with Crippen LogP contribution in [-0.4, -0.2) is 20.7 Å². The lowest BCUT2D eigenvalue weighted by Crippen LogP contribution is -2.23. The normalized spacial score (nSPS) is 11.8. The fourth-order valence-corrected chi connectivity index (χ4v) is 2.61. The number of methoxy groups -OCH3 is 1. The summed E-state index contributed by atoms with van der Waals surface area (Å²) in [6.45, 7) is 5.63. The summed E-state index contributed by atoms with van der Waals surface area (Å²) in [5.41, 5.74) is 1.54. The Hall–Kier alpha value is -1.54. The first kappa shape index (κ1) is 13.9. The molecule has 2 nitrogen and oxygen atoms in total. The van der Waals surface area contributed by atoms with Crippen LogP contribution in [0.2, 0.25) is 0 Å². The van der Waals surface area contributed by atoms with Gasteiger partial charge < -0.3 is 10.1 Å². The van der Waals surface area contributed by atoms with E-state index >= 15 is 0 Å². The minimum atomic E-state index is 0.148. The number of benzene rings is 2. The van der Waals surface area contributed by atoms with Crippen molar-refractivity contribution in [3.8, 4) is 5.75 Å². The maximum atomic E-state index is 5.46. The van der Waals surface area contributed by atoms with Crippen molar-refractivity contribution >= 4 is 10.8 Å². The van der Waals surface area contributed by atoms with Gasteiger partial charge in [0.25, 0.3) is 0 Å². The van der Waals surface area contributed by atoms with Gasteiger partial charge in [-0.1, -0.05) is 44.2 Å². The van der Waals surface area contributed by atoms with Gasteiger partial charge in [-0.05, 0) is 42.4 Å². The summed E-state index contributed by atoms with van der Waals surface area (Å²) >= 11 is 0. The van der Waals surface area contributed by atoms with E-state index in [1.165, 1.54) is 16.3 Å². The van der Waals surface area contributed by atoms with Gasteiger partial charge in [0.05, 0.1) is 7.11 Å². The molecule has 19 heavy (non-hydrogen) atoms. The number of hydrogen-bond acceptors (Lipinski definition) is 2. The molecule has 2 aromatic rings. The van der Waals surface area contributed by atoms with Gasteiger partial charge in [-0.2, -0.15) is 0 Å². The third kappa shape index (κ3) is 2.74. The average Bonchev–Trinajstić information content (AvgIpc) is 2.43. The van der Waals surface area contributed by atoms with Crippen LogP contribution in [0.4, 0.5) is 0 Å². The Balaban J connectivity index is 2.55. The molecule has 0 radical (unpaired) electrons. The molecule has 0 aliphatic carbocycles. The number of rotatable bonds is 5. The summed E-state index contributed by atoms with van der Waals surface area (Å²) in [4.78, 5) is 0. The fraction of sp³-hybridized carbons (Fsp3) is 0.412. The van der Waals surface area contributed by atoms with Crippen LogP contribution >= 0.6 is 0 Å². The summed E-state index contributed by atoms with van der Waals surface area (Å²) in [5, 5.41) is 5.73. The van der Waals surface area contributed by atoms with E-state index in [2.05, 4.69) is 55.6 Å². The summed E-state index contributed by atoms with van der Waals surface area (Å²) < 4.78 is 5.46. The molecule has 0 fully saturated rings. The Kier molecular flexibility index (Phi) is 4.11. The second-order valence-electron chi connectivity index (χ2n) is 5.60. The summed E-state index contributed by atoms with van der Waals surface area (Å²) in [6, 6.07) is 12.8. The largest absolute Gasteiger partial charge is 0.496 e. The lowest BCUT2D eigenvalue weighted by molar-refractivity contribution is 0.419. The molecule has 0 aliphatic rings. The van der Waals surface area contributed by atoms with Gasteiger partial charge in [-0.25, -0.2) is 0 Å². The van der Waals surface area contributed by atoms with Crippen LogP contribution in [0.3, 0.4) is 0 Å². The molecule has 0 saturated carbocycles. The number of fused-ring (bicyclic) bond motifs is 1. The van der Waals surface area contributed by atoms with Gasteiger partial charge in [0.2, 0.25) is 0 Å². The Bertz CT molecular complexity index is 560. The third-order valence-corrected chi connectivity index (χ3v) is 3.83. The molecule has 0 spiro atoms. The fourth-order valence-electron chi connectivity index (χ4n) is 2.61. The predicted octanol–water partition coefficient (Wildman–Crippen LogP) is 3.74. The van der Waals surface area contributed by atoms with E-state index in [1.807, 2.05) is 7.05 Å². The van der Waals surface area contributed by atoms with Crippen molar-refractivity contribution in [2.45, 2.75) is 25.7 Å². The van der Waals surface area contributed by atoms with Gasteiger partial charge in [0.15, 0.2) is 0 Å². The maximum absolute atomic E-state index is 5.46. The molecule has 2 heteroatoms. The highest BCUT2D eigenvalue weighted by Crippen LogP contribution is 2.36. The Morgan fingerprint density at radius 1 is 1.05 bits per heavy atom. The molecule has 0 bridgehead atoms. The van der Waals surface area contributed by atoms with E-state index in [0.717, 1.165) is 18.7 Å². The zero-order valence-corrected chi connectivity index (χ0v) is 12.3. The lowest BCUT2D eigenvalue weighted by atomic mass is 9.79. The molecule has 2 aromatic carbocycles. The van der Waals surface area contributed by atoms with E-state index in [-0.39, 0.29) is 5.41 Å². The van der Waals surface area contributed by atoms with Gasteiger partial charge >= 0.3 is 0 Å². The van der Waals surface area contributed by atoms with E-state index in [4.69, 9.17) is 4.74 Å². The zero-order valence-electron chi connectivity index (χ0n) is 12.3. The Labute approximate surface area is 115 Å². The van der Waals surface area contributed by atoms with Gasteiger partial charge in [0.1, 0.15) is 5.75 Å². The van der Waals surface area contributed by atoms with Crippen molar-refractivity contribution in [1.29, 1.82) is 0 Å². The Morgan fingerprint density at radius 2 is 1.74 bits per heavy atom. The molecule has 1 N–H and O–H groups in total. The smallest absolute Gasteiger partial charge is 0.126 e. The van der Waals surface area contributed by atoms with E-state index < -0.39 is 0 Å². The van der Waals surface area contributed by atoms with Crippen molar-refractivity contribution in [3.63, 3.8) is 0 Å². The molecule has 0 aromatic heterocycles. The first-order valence-corrected chi connectivity index (χ1v) is 6.81. The zero-order chi connectivity index (χ0) is 13.9. The van der Waals surface area contributed by atoms with Crippen molar-refractivity contribution < 1.29 is 4.74 Å².